The molecule has 0 N–H and O–H groups in total. The van der Waals surface area contributed by atoms with E-state index in [2.05, 4.69) is 20.0 Å². The van der Waals surface area contributed by atoms with Crippen LogP contribution in [0.25, 0.3) is 0 Å². The van der Waals surface area contributed by atoms with Crippen molar-refractivity contribution in [3.05, 3.63) is 40.8 Å². The highest BCUT2D eigenvalue weighted by Crippen LogP contribution is 2.12. The topological polar surface area (TPSA) is 55.1 Å². The lowest BCUT2D eigenvalue weighted by molar-refractivity contribution is 0.298. The highest BCUT2D eigenvalue weighted by Gasteiger charge is 2.11. The minimum atomic E-state index is 0.257. The van der Waals surface area contributed by atoms with E-state index >= 15 is 0 Å². The predicted octanol–water partition coefficient (Wildman–Crippen LogP) is 2.87. The van der Waals surface area contributed by atoms with Gasteiger partial charge in [-0.2, -0.15) is 4.98 Å². The molecule has 0 aliphatic carbocycles. The fourth-order valence-corrected chi connectivity index (χ4v) is 1.79. The molecule has 2 aromatic rings. The molecule has 102 valence electrons. The molecule has 0 amide bonds. The van der Waals surface area contributed by atoms with Crippen molar-refractivity contribution in [2.45, 2.75) is 32.9 Å². The van der Waals surface area contributed by atoms with Gasteiger partial charge in [-0.1, -0.05) is 36.7 Å². The molecule has 0 atom stereocenters. The summed E-state index contributed by atoms with van der Waals surface area (Å²) in [6.45, 7) is 5.45. The van der Waals surface area contributed by atoms with E-state index in [1.165, 1.54) is 0 Å². The van der Waals surface area contributed by atoms with Crippen LogP contribution in [0.2, 0.25) is 5.15 Å². The molecule has 0 aromatic carbocycles. The van der Waals surface area contributed by atoms with Gasteiger partial charge in [-0.3, -0.25) is 4.90 Å². The Labute approximate surface area is 117 Å². The van der Waals surface area contributed by atoms with Crippen LogP contribution in [-0.4, -0.2) is 27.1 Å². The second kappa shape index (κ2) is 6.12. The molecule has 0 saturated heterocycles. The van der Waals surface area contributed by atoms with Crippen LogP contribution in [-0.2, 0) is 13.1 Å². The van der Waals surface area contributed by atoms with E-state index in [4.69, 9.17) is 16.1 Å². The van der Waals surface area contributed by atoms with Crippen molar-refractivity contribution < 1.29 is 4.52 Å². The van der Waals surface area contributed by atoms with Crippen LogP contribution in [0, 0.1) is 0 Å². The lowest BCUT2D eigenvalue weighted by Gasteiger charge is -2.13. The molecule has 0 fully saturated rings. The molecule has 0 bridgehead atoms. The molecule has 5 nitrogen and oxygen atoms in total. The van der Waals surface area contributed by atoms with Crippen molar-refractivity contribution in [1.29, 1.82) is 0 Å². The van der Waals surface area contributed by atoms with E-state index in [-0.39, 0.29) is 5.92 Å². The van der Waals surface area contributed by atoms with E-state index in [9.17, 15) is 0 Å². The zero-order valence-electron chi connectivity index (χ0n) is 11.3. The van der Waals surface area contributed by atoms with Gasteiger partial charge >= 0.3 is 0 Å². The Kier molecular flexibility index (Phi) is 4.50. The highest BCUT2D eigenvalue weighted by molar-refractivity contribution is 6.29. The molecule has 0 unspecified atom stereocenters. The fraction of sp³-hybridized carbons (Fsp3) is 0.462. The standard InChI is InChI=1S/C13H17ClN4O/c1-9(2)13-16-12(17-19-13)8-18(3)7-10-4-5-11(14)15-6-10/h4-6,9H,7-8H2,1-3H3. The number of halogens is 1. The number of hydrogen-bond acceptors (Lipinski definition) is 5. The van der Waals surface area contributed by atoms with Gasteiger partial charge in [0.05, 0.1) is 6.54 Å². The summed E-state index contributed by atoms with van der Waals surface area (Å²) in [4.78, 5) is 10.5. The van der Waals surface area contributed by atoms with Crippen LogP contribution in [0.1, 0.15) is 37.0 Å². The van der Waals surface area contributed by atoms with Gasteiger partial charge in [-0.05, 0) is 18.7 Å². The molecule has 0 saturated carbocycles. The SMILES string of the molecule is CC(C)c1nc(CN(C)Cc2ccc(Cl)nc2)no1. The van der Waals surface area contributed by atoms with Gasteiger partial charge in [0.25, 0.3) is 0 Å². The largest absolute Gasteiger partial charge is 0.339 e. The normalized spacial score (nSPS) is 11.5. The molecule has 0 radical (unpaired) electrons. The minimum absolute atomic E-state index is 0.257. The van der Waals surface area contributed by atoms with Crippen molar-refractivity contribution in [1.82, 2.24) is 20.0 Å². The summed E-state index contributed by atoms with van der Waals surface area (Å²) in [5.41, 5.74) is 1.10. The summed E-state index contributed by atoms with van der Waals surface area (Å²) >= 11 is 5.75. The predicted molar refractivity (Wildman–Crippen MR) is 72.8 cm³/mol. The summed E-state index contributed by atoms with van der Waals surface area (Å²) in [5.74, 6) is 1.64. The Morgan fingerprint density at radius 1 is 1.32 bits per heavy atom. The number of nitrogens with zero attached hydrogens (tertiary/aromatic N) is 4. The van der Waals surface area contributed by atoms with Gasteiger partial charge in [0.15, 0.2) is 5.82 Å². The average Bonchev–Trinajstić information content (AvgIpc) is 2.80. The molecule has 0 aliphatic rings. The maximum atomic E-state index is 5.75. The Bertz CT molecular complexity index is 524. The fourth-order valence-electron chi connectivity index (χ4n) is 1.68. The molecule has 6 heteroatoms. The van der Waals surface area contributed by atoms with Crippen LogP contribution in [0.5, 0.6) is 0 Å². The van der Waals surface area contributed by atoms with Gasteiger partial charge in [0.1, 0.15) is 5.15 Å². The zero-order valence-corrected chi connectivity index (χ0v) is 12.1. The Morgan fingerprint density at radius 3 is 2.68 bits per heavy atom. The summed E-state index contributed by atoms with van der Waals surface area (Å²) in [5, 5.41) is 4.47. The first kappa shape index (κ1) is 14.0. The summed E-state index contributed by atoms with van der Waals surface area (Å²) in [7, 11) is 2.00. The Morgan fingerprint density at radius 2 is 2.11 bits per heavy atom. The van der Waals surface area contributed by atoms with Crippen LogP contribution in [0.15, 0.2) is 22.9 Å². The molecular weight excluding hydrogens is 264 g/mol. The second-order valence-electron chi connectivity index (χ2n) is 4.87. The van der Waals surface area contributed by atoms with E-state index in [0.29, 0.717) is 23.4 Å². The number of rotatable bonds is 5. The van der Waals surface area contributed by atoms with Crippen molar-refractivity contribution in [3.63, 3.8) is 0 Å². The third kappa shape index (κ3) is 4.01. The molecule has 2 rings (SSSR count). The summed E-state index contributed by atoms with van der Waals surface area (Å²) in [6, 6.07) is 3.75. The van der Waals surface area contributed by atoms with Crippen molar-refractivity contribution in [2.24, 2.45) is 0 Å². The molecule has 0 spiro atoms. The van der Waals surface area contributed by atoms with Crippen LogP contribution in [0.4, 0.5) is 0 Å². The average molecular weight is 281 g/mol. The monoisotopic (exact) mass is 280 g/mol. The lowest BCUT2D eigenvalue weighted by atomic mass is 10.2. The molecule has 19 heavy (non-hydrogen) atoms. The first-order valence-corrected chi connectivity index (χ1v) is 6.54. The number of aromatic nitrogens is 3. The third-order valence-electron chi connectivity index (χ3n) is 2.63. The van der Waals surface area contributed by atoms with Gasteiger partial charge in [-0.25, -0.2) is 4.98 Å². The highest BCUT2D eigenvalue weighted by atomic mass is 35.5. The Hall–Kier alpha value is -1.46. The van der Waals surface area contributed by atoms with Gasteiger partial charge < -0.3 is 4.52 Å². The lowest BCUT2D eigenvalue weighted by Crippen LogP contribution is -2.18. The molecular formula is C13H17ClN4O. The van der Waals surface area contributed by atoms with Crippen LogP contribution in [0.3, 0.4) is 0 Å². The van der Waals surface area contributed by atoms with Crippen LogP contribution < -0.4 is 0 Å². The van der Waals surface area contributed by atoms with E-state index in [0.717, 1.165) is 12.1 Å². The Balaban J connectivity index is 1.93. The van der Waals surface area contributed by atoms with E-state index < -0.39 is 0 Å². The van der Waals surface area contributed by atoms with E-state index in [1.54, 1.807) is 12.3 Å². The van der Waals surface area contributed by atoms with Crippen molar-refractivity contribution in [2.75, 3.05) is 7.05 Å². The van der Waals surface area contributed by atoms with Gasteiger partial charge in [0, 0.05) is 18.7 Å². The zero-order chi connectivity index (χ0) is 13.8. The third-order valence-corrected chi connectivity index (χ3v) is 2.85. The number of pyridine rings is 1. The molecule has 2 aromatic heterocycles. The molecule has 2 heterocycles. The first-order valence-electron chi connectivity index (χ1n) is 6.16. The van der Waals surface area contributed by atoms with E-state index in [1.807, 2.05) is 27.0 Å². The van der Waals surface area contributed by atoms with Crippen molar-refractivity contribution >= 4 is 11.6 Å². The summed E-state index contributed by atoms with van der Waals surface area (Å²) < 4.78 is 5.18. The van der Waals surface area contributed by atoms with Gasteiger partial charge in [-0.15, -0.1) is 0 Å². The second-order valence-corrected chi connectivity index (χ2v) is 5.25. The minimum Gasteiger partial charge on any atom is -0.339 e. The number of hydrogen-bond donors (Lipinski definition) is 0. The first-order chi connectivity index (χ1) is 9.04. The smallest absolute Gasteiger partial charge is 0.229 e. The van der Waals surface area contributed by atoms with Gasteiger partial charge in [0.2, 0.25) is 5.89 Å². The molecule has 0 aliphatic heterocycles. The maximum Gasteiger partial charge on any atom is 0.229 e. The maximum absolute atomic E-state index is 5.75. The quantitative estimate of drug-likeness (QED) is 0.788. The van der Waals surface area contributed by atoms with Crippen LogP contribution >= 0.6 is 11.6 Å². The summed E-state index contributed by atoms with van der Waals surface area (Å²) in [6.07, 6.45) is 1.77. The van der Waals surface area contributed by atoms with Crippen molar-refractivity contribution in [3.8, 4) is 0 Å².